The second kappa shape index (κ2) is 7.21. The molecule has 1 atom stereocenters. The lowest BCUT2D eigenvalue weighted by Gasteiger charge is -2.24. The molecular weight excluding hydrogens is 260 g/mol. The molecule has 2 N–H and O–H groups in total. The van der Waals surface area contributed by atoms with Gasteiger partial charge < -0.3 is 15.4 Å². The van der Waals surface area contributed by atoms with E-state index in [1.807, 2.05) is 31.2 Å². The van der Waals surface area contributed by atoms with Crippen LogP contribution >= 0.6 is 12.2 Å². The first kappa shape index (κ1) is 15.6. The van der Waals surface area contributed by atoms with Crippen molar-refractivity contribution in [3.05, 3.63) is 35.4 Å². The summed E-state index contributed by atoms with van der Waals surface area (Å²) in [5.74, 6) is 0.0626. The molecule has 5 heteroatoms. The van der Waals surface area contributed by atoms with Gasteiger partial charge in [-0.05, 0) is 12.5 Å². The number of hydrogen-bond acceptors (Lipinski definition) is 3. The molecule has 0 aliphatic heterocycles. The summed E-state index contributed by atoms with van der Waals surface area (Å²) < 4.78 is 5.05. The van der Waals surface area contributed by atoms with Crippen molar-refractivity contribution in [1.82, 2.24) is 4.90 Å². The van der Waals surface area contributed by atoms with Crippen LogP contribution in [0.25, 0.3) is 0 Å². The Morgan fingerprint density at radius 1 is 1.42 bits per heavy atom. The van der Waals surface area contributed by atoms with E-state index in [1.165, 1.54) is 0 Å². The second-order valence-corrected chi connectivity index (χ2v) is 4.99. The Bertz CT molecular complexity index is 445. The van der Waals surface area contributed by atoms with Crippen LogP contribution in [0.3, 0.4) is 0 Å². The molecule has 0 saturated heterocycles. The summed E-state index contributed by atoms with van der Waals surface area (Å²) in [5.41, 5.74) is 7.29. The molecular formula is C14H20N2O2S. The molecule has 0 radical (unpaired) electrons. The lowest BCUT2D eigenvalue weighted by atomic mass is 10.1. The van der Waals surface area contributed by atoms with Gasteiger partial charge in [0.1, 0.15) is 4.99 Å². The van der Waals surface area contributed by atoms with Crippen LogP contribution in [0.1, 0.15) is 18.1 Å². The van der Waals surface area contributed by atoms with Crippen LogP contribution < -0.4 is 5.73 Å². The molecule has 0 aliphatic carbocycles. The highest BCUT2D eigenvalue weighted by molar-refractivity contribution is 7.80. The third-order valence-electron chi connectivity index (χ3n) is 3.06. The van der Waals surface area contributed by atoms with Crippen molar-refractivity contribution in [2.24, 2.45) is 5.73 Å². The van der Waals surface area contributed by atoms with E-state index >= 15 is 0 Å². The topological polar surface area (TPSA) is 55.6 Å². The Labute approximate surface area is 119 Å². The van der Waals surface area contributed by atoms with Crippen molar-refractivity contribution in [3.63, 3.8) is 0 Å². The van der Waals surface area contributed by atoms with Crippen LogP contribution in [0.5, 0.6) is 0 Å². The molecule has 0 saturated carbocycles. The summed E-state index contributed by atoms with van der Waals surface area (Å²) in [5, 5.41) is 0. The summed E-state index contributed by atoms with van der Waals surface area (Å²) in [7, 11) is 3.42. The summed E-state index contributed by atoms with van der Waals surface area (Å²) in [6.45, 7) is 2.49. The van der Waals surface area contributed by atoms with Crippen LogP contribution in [0, 0.1) is 0 Å². The van der Waals surface area contributed by atoms with Crippen LogP contribution in [-0.4, -0.2) is 42.6 Å². The Morgan fingerprint density at radius 3 is 2.47 bits per heavy atom. The van der Waals surface area contributed by atoms with Crippen LogP contribution in [0.4, 0.5) is 0 Å². The number of carbonyl (C=O) groups excluding carboxylic acids is 1. The molecule has 0 aromatic heterocycles. The van der Waals surface area contributed by atoms with Gasteiger partial charge in [0.2, 0.25) is 5.91 Å². The van der Waals surface area contributed by atoms with Gasteiger partial charge in [-0.15, -0.1) is 0 Å². The number of likely N-dealkylation sites (N-methyl/N-ethyl adjacent to an activating group) is 1. The van der Waals surface area contributed by atoms with Crippen LogP contribution in [-0.2, 0) is 16.0 Å². The first-order valence-electron chi connectivity index (χ1n) is 6.09. The van der Waals surface area contributed by atoms with Gasteiger partial charge in [0.15, 0.2) is 0 Å². The van der Waals surface area contributed by atoms with Gasteiger partial charge in [0, 0.05) is 19.7 Å². The molecule has 0 spiro atoms. The fourth-order valence-corrected chi connectivity index (χ4v) is 1.82. The standard InChI is InChI=1S/C14H20N2O2S/c1-10(9-18-3)16(2)13(17)8-11-4-6-12(7-5-11)14(15)19/h4-7,10H,8-9H2,1-3H3,(H2,15,19). The van der Waals surface area contributed by atoms with E-state index in [1.54, 1.807) is 19.1 Å². The monoisotopic (exact) mass is 280 g/mol. The van der Waals surface area contributed by atoms with Gasteiger partial charge in [-0.25, -0.2) is 0 Å². The minimum atomic E-state index is 0.0626. The lowest BCUT2D eigenvalue weighted by Crippen LogP contribution is -2.38. The molecule has 0 aliphatic rings. The maximum absolute atomic E-state index is 12.1. The van der Waals surface area contributed by atoms with Crippen molar-refractivity contribution >= 4 is 23.1 Å². The zero-order valence-electron chi connectivity index (χ0n) is 11.6. The molecule has 0 fully saturated rings. The molecule has 104 valence electrons. The smallest absolute Gasteiger partial charge is 0.227 e. The normalized spacial score (nSPS) is 11.9. The van der Waals surface area contributed by atoms with Crippen LogP contribution in [0.15, 0.2) is 24.3 Å². The second-order valence-electron chi connectivity index (χ2n) is 4.55. The summed E-state index contributed by atoms with van der Waals surface area (Å²) in [6, 6.07) is 7.49. The summed E-state index contributed by atoms with van der Waals surface area (Å²) in [4.78, 5) is 14.1. The lowest BCUT2D eigenvalue weighted by molar-refractivity contribution is -0.131. The fourth-order valence-electron chi connectivity index (χ4n) is 1.68. The minimum absolute atomic E-state index is 0.0626. The molecule has 1 rings (SSSR count). The third kappa shape index (κ3) is 4.61. The Morgan fingerprint density at radius 2 is 2.00 bits per heavy atom. The largest absolute Gasteiger partial charge is 0.389 e. The Hall–Kier alpha value is -1.46. The van der Waals surface area contributed by atoms with E-state index in [2.05, 4.69) is 0 Å². The van der Waals surface area contributed by atoms with Gasteiger partial charge in [-0.2, -0.15) is 0 Å². The number of rotatable bonds is 6. The number of methoxy groups -OCH3 is 1. The van der Waals surface area contributed by atoms with Crippen LogP contribution in [0.2, 0.25) is 0 Å². The summed E-state index contributed by atoms with van der Waals surface area (Å²) in [6.07, 6.45) is 0.363. The Balaban J connectivity index is 2.63. The fraction of sp³-hybridized carbons (Fsp3) is 0.429. The molecule has 1 unspecified atom stereocenters. The van der Waals surface area contributed by atoms with E-state index < -0.39 is 0 Å². The molecule has 1 amide bonds. The quantitative estimate of drug-likeness (QED) is 0.799. The highest BCUT2D eigenvalue weighted by Crippen LogP contribution is 2.08. The number of carbonyl (C=O) groups is 1. The average molecular weight is 280 g/mol. The predicted octanol–water partition coefficient (Wildman–Crippen LogP) is 1.36. The molecule has 1 aromatic rings. The summed E-state index contributed by atoms with van der Waals surface area (Å²) >= 11 is 4.89. The molecule has 0 heterocycles. The minimum Gasteiger partial charge on any atom is -0.389 e. The molecule has 4 nitrogen and oxygen atoms in total. The third-order valence-corrected chi connectivity index (χ3v) is 3.29. The van der Waals surface area contributed by atoms with E-state index in [0.29, 0.717) is 18.0 Å². The highest BCUT2D eigenvalue weighted by atomic mass is 32.1. The van der Waals surface area contributed by atoms with Gasteiger partial charge in [0.05, 0.1) is 19.1 Å². The van der Waals surface area contributed by atoms with Crippen molar-refractivity contribution in [3.8, 4) is 0 Å². The molecule has 1 aromatic carbocycles. The van der Waals surface area contributed by atoms with E-state index in [0.717, 1.165) is 11.1 Å². The average Bonchev–Trinajstić information content (AvgIpc) is 2.38. The van der Waals surface area contributed by atoms with Crippen molar-refractivity contribution in [1.29, 1.82) is 0 Å². The van der Waals surface area contributed by atoms with Gasteiger partial charge in [-0.1, -0.05) is 36.5 Å². The molecule has 19 heavy (non-hydrogen) atoms. The van der Waals surface area contributed by atoms with E-state index in [-0.39, 0.29) is 11.9 Å². The number of nitrogens with zero attached hydrogens (tertiary/aromatic N) is 1. The maximum atomic E-state index is 12.1. The SMILES string of the molecule is COCC(C)N(C)C(=O)Cc1ccc(C(N)=S)cc1. The highest BCUT2D eigenvalue weighted by Gasteiger charge is 2.15. The maximum Gasteiger partial charge on any atom is 0.227 e. The molecule has 0 bridgehead atoms. The van der Waals surface area contributed by atoms with Crippen molar-refractivity contribution in [2.75, 3.05) is 20.8 Å². The van der Waals surface area contributed by atoms with E-state index in [4.69, 9.17) is 22.7 Å². The number of thiocarbonyl (C=S) groups is 1. The first-order valence-corrected chi connectivity index (χ1v) is 6.50. The Kier molecular flexibility index (Phi) is 5.92. The van der Waals surface area contributed by atoms with Gasteiger partial charge in [0.25, 0.3) is 0 Å². The number of amides is 1. The zero-order chi connectivity index (χ0) is 14.4. The predicted molar refractivity (Wildman–Crippen MR) is 80.1 cm³/mol. The number of nitrogens with two attached hydrogens (primary N) is 1. The van der Waals surface area contributed by atoms with E-state index in [9.17, 15) is 4.79 Å². The zero-order valence-corrected chi connectivity index (χ0v) is 12.4. The van der Waals surface area contributed by atoms with Crippen molar-refractivity contribution in [2.45, 2.75) is 19.4 Å². The number of ether oxygens (including phenoxy) is 1. The first-order chi connectivity index (χ1) is 8.95. The number of benzene rings is 1. The number of hydrogen-bond donors (Lipinski definition) is 1. The van der Waals surface area contributed by atoms with Gasteiger partial charge in [-0.3, -0.25) is 4.79 Å². The van der Waals surface area contributed by atoms with Crippen molar-refractivity contribution < 1.29 is 9.53 Å². The van der Waals surface area contributed by atoms with Gasteiger partial charge >= 0.3 is 0 Å².